The minimum absolute atomic E-state index is 1.03. The number of rotatable bonds is 3. The Kier molecular flexibility index (Phi) is 5.47. The highest BCUT2D eigenvalue weighted by molar-refractivity contribution is 5.83. The van der Waals surface area contributed by atoms with Crippen LogP contribution in [0, 0.1) is 0 Å². The zero-order chi connectivity index (χ0) is 12.7. The van der Waals surface area contributed by atoms with E-state index in [0.29, 0.717) is 0 Å². The van der Waals surface area contributed by atoms with Crippen molar-refractivity contribution in [3.8, 4) is 0 Å². The van der Waals surface area contributed by atoms with Gasteiger partial charge in [-0.15, -0.1) is 0 Å². The Labute approximate surface area is 103 Å². The zero-order valence-corrected chi connectivity index (χ0v) is 11.0. The first-order valence-electron chi connectivity index (χ1n) is 6.43. The van der Waals surface area contributed by atoms with Crippen LogP contribution in [-0.4, -0.2) is 5.21 Å². The van der Waals surface area contributed by atoms with E-state index in [9.17, 15) is 5.21 Å². The first kappa shape index (κ1) is 13.5. The second-order valence-corrected chi connectivity index (χ2v) is 3.85. The molecule has 0 amide bonds. The van der Waals surface area contributed by atoms with Gasteiger partial charge < -0.3 is 0 Å². The van der Waals surface area contributed by atoms with Crippen LogP contribution >= 0.6 is 0 Å². The van der Waals surface area contributed by atoms with Crippen LogP contribution in [-0.2, 0) is 6.42 Å². The smallest absolute Gasteiger partial charge is 0.230 e. The third-order valence-electron chi connectivity index (χ3n) is 2.67. The predicted molar refractivity (Wildman–Crippen MR) is 71.3 cm³/mol. The molecule has 1 aromatic heterocycles. The third kappa shape index (κ3) is 3.45. The van der Waals surface area contributed by atoms with Crippen molar-refractivity contribution in [3.63, 3.8) is 0 Å². The fourth-order valence-corrected chi connectivity index (χ4v) is 1.88. The van der Waals surface area contributed by atoms with E-state index in [1.54, 1.807) is 12.4 Å². The second kappa shape index (κ2) is 6.89. The standard InChI is InChI=1S/C13H16NO.C2H6/c1-2-3-6-11-9-14(15)10-12-7-4-5-8-13(11)12;1-2/h4-5,7-10,15H,2-3,6H2,1H3;1-2H3/q+1;. The number of nitrogens with zero attached hydrogens (tertiary/aromatic N) is 1. The molecule has 0 atom stereocenters. The van der Waals surface area contributed by atoms with Gasteiger partial charge in [0.25, 0.3) is 0 Å². The SMILES string of the molecule is CC.CCCCc1c[n+](O)cc2ccccc12. The maximum absolute atomic E-state index is 9.53. The highest BCUT2D eigenvalue weighted by atomic mass is 16.5. The number of benzene rings is 1. The van der Waals surface area contributed by atoms with Crippen molar-refractivity contribution < 1.29 is 9.94 Å². The van der Waals surface area contributed by atoms with Crippen LogP contribution in [0.5, 0.6) is 0 Å². The number of aryl methyl sites for hydroxylation is 1. The van der Waals surface area contributed by atoms with Gasteiger partial charge in [-0.3, -0.25) is 5.21 Å². The van der Waals surface area contributed by atoms with E-state index < -0.39 is 0 Å². The van der Waals surface area contributed by atoms with Crippen LogP contribution in [0.15, 0.2) is 36.7 Å². The minimum atomic E-state index is 1.03. The third-order valence-corrected chi connectivity index (χ3v) is 2.67. The number of aromatic nitrogens is 1. The molecule has 0 unspecified atom stereocenters. The van der Waals surface area contributed by atoms with Gasteiger partial charge in [0.05, 0.1) is 5.39 Å². The molecule has 2 aromatic rings. The summed E-state index contributed by atoms with van der Waals surface area (Å²) in [7, 11) is 0. The maximum atomic E-state index is 9.53. The Balaban J connectivity index is 0.000000686. The van der Waals surface area contributed by atoms with Crippen molar-refractivity contribution in [1.82, 2.24) is 0 Å². The molecule has 1 aromatic carbocycles. The van der Waals surface area contributed by atoms with Gasteiger partial charge in [0.2, 0.25) is 12.4 Å². The summed E-state index contributed by atoms with van der Waals surface area (Å²) < 4.78 is 1.16. The molecule has 0 radical (unpaired) electrons. The molecule has 2 nitrogen and oxygen atoms in total. The average Bonchev–Trinajstić information content (AvgIpc) is 2.38. The van der Waals surface area contributed by atoms with Crippen molar-refractivity contribution >= 4 is 10.8 Å². The van der Waals surface area contributed by atoms with Gasteiger partial charge in [-0.2, -0.15) is 0 Å². The summed E-state index contributed by atoms with van der Waals surface area (Å²) in [6.07, 6.45) is 6.91. The summed E-state index contributed by atoms with van der Waals surface area (Å²) in [5, 5.41) is 11.9. The fourth-order valence-electron chi connectivity index (χ4n) is 1.88. The number of hydrogen-bond donors (Lipinski definition) is 1. The maximum Gasteiger partial charge on any atom is 0.230 e. The predicted octanol–water partition coefficient (Wildman–Crippen LogP) is 3.73. The zero-order valence-electron chi connectivity index (χ0n) is 11.0. The first-order chi connectivity index (χ1) is 8.31. The van der Waals surface area contributed by atoms with E-state index in [4.69, 9.17) is 0 Å². The van der Waals surface area contributed by atoms with E-state index in [-0.39, 0.29) is 0 Å². The molecule has 2 rings (SSSR count). The van der Waals surface area contributed by atoms with Crippen LogP contribution in [0.25, 0.3) is 10.8 Å². The summed E-state index contributed by atoms with van der Waals surface area (Å²) in [6, 6.07) is 8.17. The van der Waals surface area contributed by atoms with Crippen LogP contribution < -0.4 is 4.73 Å². The molecule has 0 saturated heterocycles. The Hall–Kier alpha value is -1.57. The Bertz CT molecular complexity index is 465. The molecule has 0 spiro atoms. The van der Waals surface area contributed by atoms with Gasteiger partial charge in [0.1, 0.15) is 0 Å². The summed E-state index contributed by atoms with van der Waals surface area (Å²) in [4.78, 5) is 0. The van der Waals surface area contributed by atoms with E-state index >= 15 is 0 Å². The summed E-state index contributed by atoms with van der Waals surface area (Å²) in [5.74, 6) is 0. The lowest BCUT2D eigenvalue weighted by atomic mass is 10.0. The molecule has 0 aliphatic rings. The Morgan fingerprint density at radius 2 is 1.82 bits per heavy atom. The topological polar surface area (TPSA) is 24.1 Å². The summed E-state index contributed by atoms with van der Waals surface area (Å²) >= 11 is 0. The lowest BCUT2D eigenvalue weighted by Crippen LogP contribution is -2.29. The van der Waals surface area contributed by atoms with Crippen molar-refractivity contribution in [1.29, 1.82) is 0 Å². The van der Waals surface area contributed by atoms with Crippen LogP contribution in [0.2, 0.25) is 0 Å². The van der Waals surface area contributed by atoms with Crippen LogP contribution in [0.1, 0.15) is 39.2 Å². The molecule has 0 aliphatic carbocycles. The lowest BCUT2D eigenvalue weighted by Gasteiger charge is -2.02. The molecule has 0 bridgehead atoms. The summed E-state index contributed by atoms with van der Waals surface area (Å²) in [5.41, 5.74) is 1.22. The molecular weight excluding hydrogens is 210 g/mol. The number of unbranched alkanes of at least 4 members (excludes halogenated alkanes) is 1. The van der Waals surface area contributed by atoms with Crippen molar-refractivity contribution in [3.05, 3.63) is 42.2 Å². The van der Waals surface area contributed by atoms with Crippen molar-refractivity contribution in [2.75, 3.05) is 0 Å². The van der Waals surface area contributed by atoms with Gasteiger partial charge in [0.15, 0.2) is 0 Å². The molecule has 0 saturated carbocycles. The number of fused-ring (bicyclic) bond motifs is 1. The van der Waals surface area contributed by atoms with Crippen molar-refractivity contribution in [2.24, 2.45) is 0 Å². The van der Waals surface area contributed by atoms with Gasteiger partial charge in [0, 0.05) is 10.3 Å². The first-order valence-corrected chi connectivity index (χ1v) is 6.43. The van der Waals surface area contributed by atoms with Crippen LogP contribution in [0.3, 0.4) is 0 Å². The molecule has 0 aliphatic heterocycles. The molecule has 17 heavy (non-hydrogen) atoms. The minimum Gasteiger partial charge on any atom is -0.285 e. The number of hydrogen-bond acceptors (Lipinski definition) is 1. The molecule has 1 N–H and O–H groups in total. The van der Waals surface area contributed by atoms with Crippen LogP contribution in [0.4, 0.5) is 0 Å². The van der Waals surface area contributed by atoms with Crippen molar-refractivity contribution in [2.45, 2.75) is 40.0 Å². The highest BCUT2D eigenvalue weighted by Crippen LogP contribution is 2.17. The largest absolute Gasteiger partial charge is 0.285 e. The second-order valence-electron chi connectivity index (χ2n) is 3.85. The molecule has 92 valence electrons. The molecule has 1 heterocycles. The van der Waals surface area contributed by atoms with E-state index in [0.717, 1.165) is 23.0 Å². The van der Waals surface area contributed by atoms with E-state index in [1.807, 2.05) is 32.0 Å². The normalized spacial score (nSPS) is 9.82. The quantitative estimate of drug-likeness (QED) is 0.632. The molecular formula is C15H22NO+. The summed E-state index contributed by atoms with van der Waals surface area (Å²) in [6.45, 7) is 6.18. The monoisotopic (exact) mass is 232 g/mol. The fraction of sp³-hybridized carbons (Fsp3) is 0.400. The highest BCUT2D eigenvalue weighted by Gasteiger charge is 2.08. The van der Waals surface area contributed by atoms with Gasteiger partial charge >= 0.3 is 0 Å². The van der Waals surface area contributed by atoms with Gasteiger partial charge in [-0.05, 0) is 24.3 Å². The molecule has 2 heteroatoms. The molecule has 0 fully saturated rings. The van der Waals surface area contributed by atoms with Gasteiger partial charge in [-0.1, -0.05) is 45.4 Å². The average molecular weight is 232 g/mol. The Morgan fingerprint density at radius 1 is 1.12 bits per heavy atom. The number of pyridine rings is 1. The van der Waals surface area contributed by atoms with Gasteiger partial charge in [-0.25, -0.2) is 0 Å². The van der Waals surface area contributed by atoms with E-state index in [2.05, 4.69) is 13.0 Å². The lowest BCUT2D eigenvalue weighted by molar-refractivity contribution is -0.904. The van der Waals surface area contributed by atoms with E-state index in [1.165, 1.54) is 17.4 Å². The Morgan fingerprint density at radius 3 is 2.53 bits per heavy atom.